The molecule has 2 aliphatic heterocycles. The van der Waals surface area contributed by atoms with Crippen LogP contribution in [0.1, 0.15) is 37.3 Å². The third kappa shape index (κ3) is 2.16. The lowest BCUT2D eigenvalue weighted by Crippen LogP contribution is -2.34. The van der Waals surface area contributed by atoms with Crippen molar-refractivity contribution in [1.29, 1.82) is 0 Å². The number of fused-ring (bicyclic) bond motifs is 1. The highest BCUT2D eigenvalue weighted by atomic mass is 19.3. The van der Waals surface area contributed by atoms with Gasteiger partial charge in [0.05, 0.1) is 0 Å². The van der Waals surface area contributed by atoms with Crippen molar-refractivity contribution in [2.45, 2.75) is 31.7 Å². The topological polar surface area (TPSA) is 30.5 Å². The van der Waals surface area contributed by atoms with Crippen molar-refractivity contribution in [2.24, 2.45) is 0 Å². The molecular weight excluding hydrogens is 252 g/mol. The van der Waals surface area contributed by atoms with Crippen LogP contribution in [-0.2, 0) is 5.54 Å². The maximum absolute atomic E-state index is 13.0. The largest absolute Gasteiger partial charge is 0.486 e. The Bertz CT molecular complexity index is 485. The van der Waals surface area contributed by atoms with Crippen LogP contribution in [0.2, 0.25) is 0 Å². The monoisotopic (exact) mass is 269 g/mol. The number of halogens is 2. The number of alkyl halides is 2. The number of nitrogens with one attached hydrogen (secondary N) is 1. The molecule has 104 valence electrons. The van der Waals surface area contributed by atoms with E-state index in [0.29, 0.717) is 24.7 Å². The first kappa shape index (κ1) is 12.7. The van der Waals surface area contributed by atoms with E-state index in [2.05, 4.69) is 5.32 Å². The van der Waals surface area contributed by atoms with Crippen molar-refractivity contribution in [3.63, 3.8) is 0 Å². The number of benzene rings is 1. The van der Waals surface area contributed by atoms with Crippen LogP contribution >= 0.6 is 0 Å². The zero-order valence-electron chi connectivity index (χ0n) is 10.8. The van der Waals surface area contributed by atoms with Crippen molar-refractivity contribution in [2.75, 3.05) is 19.8 Å². The molecule has 0 spiro atoms. The molecule has 1 fully saturated rings. The van der Waals surface area contributed by atoms with Crippen LogP contribution in [0.25, 0.3) is 0 Å². The Kier molecular flexibility index (Phi) is 3.09. The molecule has 1 aromatic rings. The van der Waals surface area contributed by atoms with Gasteiger partial charge in [-0.25, -0.2) is 8.78 Å². The third-order valence-corrected chi connectivity index (χ3v) is 3.88. The Hall–Kier alpha value is -1.36. The molecule has 1 N–H and O–H groups in total. The van der Waals surface area contributed by atoms with Crippen molar-refractivity contribution >= 4 is 0 Å². The highest BCUT2D eigenvalue weighted by Crippen LogP contribution is 2.44. The number of hydrogen-bond acceptors (Lipinski definition) is 3. The molecule has 0 bridgehead atoms. The molecule has 3 rings (SSSR count). The number of ether oxygens (including phenoxy) is 2. The average molecular weight is 269 g/mol. The zero-order chi connectivity index (χ0) is 13.5. The second-order valence-electron chi connectivity index (χ2n) is 5.26. The summed E-state index contributed by atoms with van der Waals surface area (Å²) in [6.07, 6.45) is -0.555. The first-order valence-corrected chi connectivity index (χ1v) is 6.57. The highest BCUT2D eigenvalue weighted by molar-refractivity contribution is 5.53. The molecule has 19 heavy (non-hydrogen) atoms. The summed E-state index contributed by atoms with van der Waals surface area (Å²) in [4.78, 5) is 0. The molecule has 0 saturated carbocycles. The van der Waals surface area contributed by atoms with Crippen molar-refractivity contribution in [3.05, 3.63) is 23.3 Å². The van der Waals surface area contributed by atoms with Gasteiger partial charge in [0.25, 0.3) is 6.43 Å². The Balaban J connectivity index is 2.12. The number of rotatable bonds is 2. The van der Waals surface area contributed by atoms with E-state index in [4.69, 9.17) is 9.47 Å². The predicted molar refractivity (Wildman–Crippen MR) is 67.0 cm³/mol. The summed E-state index contributed by atoms with van der Waals surface area (Å²) in [6.45, 7) is 3.79. The van der Waals surface area contributed by atoms with E-state index < -0.39 is 6.43 Å². The van der Waals surface area contributed by atoms with Gasteiger partial charge in [-0.15, -0.1) is 0 Å². The standard InChI is InChI=1S/C14H17F2NO2/c1-14(3-2-4-17-14)10-7-9(13(15)16)8-11-12(10)19-6-5-18-11/h7-8,13,17H,2-6H2,1H3. The van der Waals surface area contributed by atoms with Crippen LogP contribution < -0.4 is 14.8 Å². The first-order valence-electron chi connectivity index (χ1n) is 6.57. The van der Waals surface area contributed by atoms with Crippen molar-refractivity contribution in [1.82, 2.24) is 5.32 Å². The quantitative estimate of drug-likeness (QED) is 0.895. The number of hydrogen-bond donors (Lipinski definition) is 1. The molecule has 0 aliphatic carbocycles. The van der Waals surface area contributed by atoms with E-state index >= 15 is 0 Å². The SMILES string of the molecule is CC1(c2cc(C(F)F)cc3c2OCCO3)CCCN1. The Morgan fingerprint density at radius 3 is 2.74 bits per heavy atom. The lowest BCUT2D eigenvalue weighted by Gasteiger charge is -2.31. The zero-order valence-corrected chi connectivity index (χ0v) is 10.8. The van der Waals surface area contributed by atoms with Gasteiger partial charge in [-0.2, -0.15) is 0 Å². The Morgan fingerprint density at radius 2 is 2.05 bits per heavy atom. The summed E-state index contributed by atoms with van der Waals surface area (Å²) in [5.74, 6) is 1.06. The van der Waals surface area contributed by atoms with Gasteiger partial charge in [0.1, 0.15) is 13.2 Å². The van der Waals surface area contributed by atoms with Gasteiger partial charge in [0.15, 0.2) is 11.5 Å². The summed E-state index contributed by atoms with van der Waals surface area (Å²) in [5, 5.41) is 3.39. The van der Waals surface area contributed by atoms with Crippen LogP contribution in [-0.4, -0.2) is 19.8 Å². The lowest BCUT2D eigenvalue weighted by molar-refractivity contribution is 0.145. The summed E-state index contributed by atoms with van der Waals surface area (Å²) < 4.78 is 37.2. The summed E-state index contributed by atoms with van der Waals surface area (Å²) >= 11 is 0. The molecule has 3 nitrogen and oxygen atoms in total. The second-order valence-corrected chi connectivity index (χ2v) is 5.26. The van der Waals surface area contributed by atoms with E-state index in [9.17, 15) is 8.78 Å². The molecule has 0 aromatic heterocycles. The molecule has 0 radical (unpaired) electrons. The highest BCUT2D eigenvalue weighted by Gasteiger charge is 2.36. The van der Waals surface area contributed by atoms with Gasteiger partial charge in [-0.1, -0.05) is 0 Å². The van der Waals surface area contributed by atoms with Gasteiger partial charge in [0, 0.05) is 16.7 Å². The molecule has 1 saturated heterocycles. The van der Waals surface area contributed by atoms with Crippen LogP contribution in [0.15, 0.2) is 12.1 Å². The Morgan fingerprint density at radius 1 is 1.26 bits per heavy atom. The fourth-order valence-corrected chi connectivity index (χ4v) is 2.84. The lowest BCUT2D eigenvalue weighted by atomic mass is 9.88. The third-order valence-electron chi connectivity index (χ3n) is 3.88. The first-order chi connectivity index (χ1) is 9.10. The molecule has 1 aromatic carbocycles. The molecule has 1 atom stereocenters. The van der Waals surface area contributed by atoms with Gasteiger partial charge in [0.2, 0.25) is 0 Å². The maximum Gasteiger partial charge on any atom is 0.263 e. The summed E-state index contributed by atoms with van der Waals surface area (Å²) in [5.41, 5.74) is 0.474. The minimum absolute atomic E-state index is 0.00539. The predicted octanol–water partition coefficient (Wildman–Crippen LogP) is 2.99. The normalized spacial score (nSPS) is 25.9. The van der Waals surface area contributed by atoms with Gasteiger partial charge in [-0.05, 0) is 38.4 Å². The minimum atomic E-state index is -2.50. The van der Waals surface area contributed by atoms with Crippen LogP contribution in [0.4, 0.5) is 8.78 Å². The van der Waals surface area contributed by atoms with E-state index in [1.165, 1.54) is 6.07 Å². The summed E-state index contributed by atoms with van der Waals surface area (Å²) in [6, 6.07) is 2.94. The van der Waals surface area contributed by atoms with Crippen molar-refractivity contribution < 1.29 is 18.3 Å². The van der Waals surface area contributed by atoms with E-state index in [-0.39, 0.29) is 11.1 Å². The molecule has 2 heterocycles. The smallest absolute Gasteiger partial charge is 0.263 e. The second kappa shape index (κ2) is 4.63. The molecular formula is C14H17F2NO2. The molecule has 0 amide bonds. The molecule has 5 heteroatoms. The minimum Gasteiger partial charge on any atom is -0.486 e. The Labute approximate surface area is 110 Å². The van der Waals surface area contributed by atoms with E-state index in [0.717, 1.165) is 24.9 Å². The molecule has 1 unspecified atom stereocenters. The van der Waals surface area contributed by atoms with Gasteiger partial charge in [-0.3, -0.25) is 0 Å². The van der Waals surface area contributed by atoms with E-state index in [1.807, 2.05) is 6.92 Å². The van der Waals surface area contributed by atoms with Gasteiger partial charge >= 0.3 is 0 Å². The van der Waals surface area contributed by atoms with Crippen LogP contribution in [0, 0.1) is 0 Å². The van der Waals surface area contributed by atoms with Gasteiger partial charge < -0.3 is 14.8 Å². The van der Waals surface area contributed by atoms with Crippen molar-refractivity contribution in [3.8, 4) is 11.5 Å². The fraction of sp³-hybridized carbons (Fsp3) is 0.571. The molecule has 2 aliphatic rings. The van der Waals surface area contributed by atoms with E-state index in [1.54, 1.807) is 6.07 Å². The average Bonchev–Trinajstić information content (AvgIpc) is 2.85. The maximum atomic E-state index is 13.0. The van der Waals surface area contributed by atoms with Crippen LogP contribution in [0.3, 0.4) is 0 Å². The van der Waals surface area contributed by atoms with Crippen LogP contribution in [0.5, 0.6) is 11.5 Å². The summed E-state index contributed by atoms with van der Waals surface area (Å²) in [7, 11) is 0. The fourth-order valence-electron chi connectivity index (χ4n) is 2.84.